The molecule has 1 aromatic carbocycles. The van der Waals surface area contributed by atoms with Gasteiger partial charge in [-0.05, 0) is 44.4 Å². The minimum Gasteiger partial charge on any atom is -0.496 e. The topological polar surface area (TPSA) is 46.5 Å². The van der Waals surface area contributed by atoms with Crippen molar-refractivity contribution in [1.29, 1.82) is 0 Å². The summed E-state index contributed by atoms with van der Waals surface area (Å²) in [5, 5.41) is 9.03. The second kappa shape index (κ2) is 4.51. The Balaban J connectivity index is 2.46. The van der Waals surface area contributed by atoms with Gasteiger partial charge in [0.2, 0.25) is 0 Å². The van der Waals surface area contributed by atoms with Gasteiger partial charge in [0.1, 0.15) is 11.4 Å². The quantitative estimate of drug-likeness (QED) is 0.888. The summed E-state index contributed by atoms with van der Waals surface area (Å²) in [5.41, 5.74) is -0.445. The maximum Gasteiger partial charge on any atom is 0.304 e. The maximum absolute atomic E-state index is 14.1. The van der Waals surface area contributed by atoms with Crippen LogP contribution < -0.4 is 4.74 Å². The Morgan fingerprint density at radius 2 is 2.11 bits per heavy atom. The van der Waals surface area contributed by atoms with Crippen LogP contribution in [0.2, 0.25) is 0 Å². The van der Waals surface area contributed by atoms with Gasteiger partial charge in [-0.15, -0.1) is 0 Å². The molecule has 0 heterocycles. The van der Waals surface area contributed by atoms with Gasteiger partial charge in [-0.25, -0.2) is 4.39 Å². The first kappa shape index (κ1) is 13.8. The largest absolute Gasteiger partial charge is 0.496 e. The number of carbonyl (C=O) groups is 1. The van der Waals surface area contributed by atoms with Crippen LogP contribution in [0.25, 0.3) is 0 Å². The average molecular weight is 266 g/mol. The van der Waals surface area contributed by atoms with E-state index in [0.29, 0.717) is 11.3 Å². The van der Waals surface area contributed by atoms with Gasteiger partial charge in [0.25, 0.3) is 0 Å². The summed E-state index contributed by atoms with van der Waals surface area (Å²) in [6.45, 7) is 2.99. The van der Waals surface area contributed by atoms with Gasteiger partial charge in [-0.3, -0.25) is 4.79 Å². The average Bonchev–Trinajstić information content (AvgIpc) is 3.07. The highest BCUT2D eigenvalue weighted by atomic mass is 19.1. The van der Waals surface area contributed by atoms with Gasteiger partial charge in [0, 0.05) is 11.0 Å². The van der Waals surface area contributed by atoms with E-state index >= 15 is 0 Å². The molecule has 3 nitrogen and oxygen atoms in total. The first-order chi connectivity index (χ1) is 8.78. The van der Waals surface area contributed by atoms with Crippen molar-refractivity contribution in [1.82, 2.24) is 0 Å². The van der Waals surface area contributed by atoms with E-state index in [1.54, 1.807) is 25.3 Å². The zero-order valence-electron chi connectivity index (χ0n) is 11.5. The number of methoxy groups -OCH3 is 1. The van der Waals surface area contributed by atoms with Crippen LogP contribution in [0.3, 0.4) is 0 Å². The minimum atomic E-state index is -1.44. The molecule has 0 radical (unpaired) electrons. The van der Waals surface area contributed by atoms with Gasteiger partial charge in [0.05, 0.1) is 13.5 Å². The lowest BCUT2D eigenvalue weighted by molar-refractivity contribution is -0.137. The maximum atomic E-state index is 14.1. The molecular formula is C15H19FO3. The molecule has 1 fully saturated rings. The Morgan fingerprint density at radius 3 is 2.53 bits per heavy atom. The van der Waals surface area contributed by atoms with Crippen molar-refractivity contribution >= 4 is 5.97 Å². The van der Waals surface area contributed by atoms with Crippen LogP contribution in [0.15, 0.2) is 18.2 Å². The molecule has 1 saturated carbocycles. The number of hydrogen-bond acceptors (Lipinski definition) is 2. The van der Waals surface area contributed by atoms with E-state index in [4.69, 9.17) is 9.84 Å². The Labute approximate surface area is 112 Å². The van der Waals surface area contributed by atoms with Gasteiger partial charge < -0.3 is 9.84 Å². The van der Waals surface area contributed by atoms with Crippen LogP contribution >= 0.6 is 0 Å². The Morgan fingerprint density at radius 1 is 1.47 bits per heavy atom. The van der Waals surface area contributed by atoms with Crippen LogP contribution in [0.1, 0.15) is 44.2 Å². The highest BCUT2D eigenvalue weighted by molar-refractivity contribution is 5.70. The predicted molar refractivity (Wildman–Crippen MR) is 70.3 cm³/mol. The smallest absolute Gasteiger partial charge is 0.304 e. The molecule has 0 atom stereocenters. The second-order valence-electron chi connectivity index (χ2n) is 5.74. The van der Waals surface area contributed by atoms with Gasteiger partial charge in [-0.2, -0.15) is 0 Å². The van der Waals surface area contributed by atoms with E-state index in [9.17, 15) is 9.18 Å². The summed E-state index contributed by atoms with van der Waals surface area (Å²) in [5.74, 6) is -0.184. The Bertz CT molecular complexity index is 499. The van der Waals surface area contributed by atoms with E-state index in [1.807, 2.05) is 0 Å². The third kappa shape index (κ3) is 2.72. The Hall–Kier alpha value is -1.58. The molecule has 0 aliphatic heterocycles. The normalized spacial score (nSPS) is 17.1. The zero-order valence-corrected chi connectivity index (χ0v) is 11.5. The minimum absolute atomic E-state index is 0.0690. The fourth-order valence-corrected chi connectivity index (χ4v) is 2.47. The van der Waals surface area contributed by atoms with Crippen LogP contribution in [0, 0.1) is 0 Å². The SMILES string of the molecule is COc1ccc(C(C)(C)F)cc1C1(CC(=O)O)CC1. The molecule has 0 aromatic heterocycles. The van der Waals surface area contributed by atoms with Crippen LogP contribution in [-0.4, -0.2) is 18.2 Å². The zero-order chi connectivity index (χ0) is 14.3. The van der Waals surface area contributed by atoms with E-state index in [0.717, 1.165) is 18.4 Å². The number of ether oxygens (including phenoxy) is 1. The number of benzene rings is 1. The van der Waals surface area contributed by atoms with Crippen molar-refractivity contribution in [2.24, 2.45) is 0 Å². The van der Waals surface area contributed by atoms with Crippen LogP contribution in [-0.2, 0) is 15.9 Å². The molecule has 4 heteroatoms. The van der Waals surface area contributed by atoms with E-state index in [-0.39, 0.29) is 11.8 Å². The summed E-state index contributed by atoms with van der Waals surface area (Å²) < 4.78 is 19.4. The molecule has 1 aliphatic rings. The van der Waals surface area contributed by atoms with Gasteiger partial charge in [0.15, 0.2) is 0 Å². The lowest BCUT2D eigenvalue weighted by Gasteiger charge is -2.21. The highest BCUT2D eigenvalue weighted by Crippen LogP contribution is 2.54. The fraction of sp³-hybridized carbons (Fsp3) is 0.533. The van der Waals surface area contributed by atoms with E-state index in [1.165, 1.54) is 13.8 Å². The van der Waals surface area contributed by atoms with Crippen molar-refractivity contribution in [3.05, 3.63) is 29.3 Å². The molecule has 0 unspecified atom stereocenters. The first-order valence-corrected chi connectivity index (χ1v) is 6.38. The van der Waals surface area contributed by atoms with E-state index in [2.05, 4.69) is 0 Å². The molecule has 19 heavy (non-hydrogen) atoms. The summed E-state index contributed by atoms with van der Waals surface area (Å²) in [6, 6.07) is 5.18. The fourth-order valence-electron chi connectivity index (χ4n) is 2.47. The number of halogens is 1. The highest BCUT2D eigenvalue weighted by Gasteiger charge is 2.48. The standard InChI is InChI=1S/C15H19FO3/c1-14(2,16)10-4-5-12(19-3)11(8-10)15(6-7-15)9-13(17)18/h4-5,8H,6-7,9H2,1-3H3,(H,17,18). The number of rotatable bonds is 5. The van der Waals surface area contributed by atoms with Crippen molar-refractivity contribution in [3.63, 3.8) is 0 Å². The number of carboxylic acid groups (broad SMARTS) is 1. The third-order valence-electron chi connectivity index (χ3n) is 3.80. The number of alkyl halides is 1. The molecule has 0 saturated heterocycles. The first-order valence-electron chi connectivity index (χ1n) is 6.38. The van der Waals surface area contributed by atoms with Crippen LogP contribution in [0.5, 0.6) is 5.75 Å². The molecule has 1 aliphatic carbocycles. The molecule has 0 bridgehead atoms. The van der Waals surface area contributed by atoms with Crippen LogP contribution in [0.4, 0.5) is 4.39 Å². The predicted octanol–water partition coefficient (Wildman–Crippen LogP) is 3.41. The summed E-state index contributed by atoms with van der Waals surface area (Å²) in [7, 11) is 1.55. The van der Waals surface area contributed by atoms with Gasteiger partial charge in [-0.1, -0.05) is 6.07 Å². The molecule has 104 valence electrons. The molecule has 0 spiro atoms. The van der Waals surface area contributed by atoms with Crippen molar-refractivity contribution in [2.75, 3.05) is 7.11 Å². The number of hydrogen-bond donors (Lipinski definition) is 1. The van der Waals surface area contributed by atoms with Crippen molar-refractivity contribution in [3.8, 4) is 5.75 Å². The van der Waals surface area contributed by atoms with Gasteiger partial charge >= 0.3 is 5.97 Å². The number of aliphatic carboxylic acids is 1. The molecule has 0 amide bonds. The Kier molecular flexibility index (Phi) is 3.29. The van der Waals surface area contributed by atoms with Crippen molar-refractivity contribution in [2.45, 2.75) is 44.2 Å². The van der Waals surface area contributed by atoms with E-state index < -0.39 is 11.6 Å². The third-order valence-corrected chi connectivity index (χ3v) is 3.80. The molecule has 1 aromatic rings. The lowest BCUT2D eigenvalue weighted by atomic mass is 9.87. The summed E-state index contributed by atoms with van der Waals surface area (Å²) in [6.07, 6.45) is 1.69. The second-order valence-corrected chi connectivity index (χ2v) is 5.74. The lowest BCUT2D eigenvalue weighted by Crippen LogP contribution is -2.16. The number of carboxylic acids is 1. The monoisotopic (exact) mass is 266 g/mol. The van der Waals surface area contributed by atoms with Crippen molar-refractivity contribution < 1.29 is 19.0 Å². The molecule has 1 N–H and O–H groups in total. The molecular weight excluding hydrogens is 247 g/mol. The molecule has 2 rings (SSSR count). The summed E-state index contributed by atoms with van der Waals surface area (Å²) >= 11 is 0. The summed E-state index contributed by atoms with van der Waals surface area (Å²) in [4.78, 5) is 11.0.